The van der Waals surface area contributed by atoms with Gasteiger partial charge in [0.25, 0.3) is 0 Å². The average Bonchev–Trinajstić information content (AvgIpc) is 0. The van der Waals surface area contributed by atoms with Gasteiger partial charge in [0.2, 0.25) is 0 Å². The summed E-state index contributed by atoms with van der Waals surface area (Å²) in [6, 6.07) is 0. The first kappa shape index (κ1) is 53.6. The summed E-state index contributed by atoms with van der Waals surface area (Å²) >= 11 is 0. The standard InChI is InChI=1S/4ClH.La/h4*1H;. The number of hydrogen-bond acceptors (Lipinski definition) is 0. The topological polar surface area (TPSA) is 0 Å². The molecule has 0 bridgehead atoms. The molecule has 0 aromatic rings. The smallest absolute Gasteiger partial charge is 0 e. The first-order valence-electron chi connectivity index (χ1n) is 0. The average molecular weight is 285 g/mol. The SMILES string of the molecule is Cl.Cl.Cl.Cl.[La]. The van der Waals surface area contributed by atoms with Crippen LogP contribution in [0.5, 0.6) is 0 Å². The zero-order valence-corrected chi connectivity index (χ0v) is 9.10. The van der Waals surface area contributed by atoms with E-state index in [0.29, 0.717) is 0 Å². The monoisotopic (exact) mass is 283 g/mol. The van der Waals surface area contributed by atoms with Crippen molar-refractivity contribution in [3.05, 3.63) is 0 Å². The van der Waals surface area contributed by atoms with E-state index in [1.54, 1.807) is 0 Å². The summed E-state index contributed by atoms with van der Waals surface area (Å²) in [5.41, 5.74) is 0. The molecule has 5 heavy (non-hydrogen) atoms. The van der Waals surface area contributed by atoms with Crippen molar-refractivity contribution < 1.29 is 35.6 Å². The summed E-state index contributed by atoms with van der Waals surface area (Å²) in [6.07, 6.45) is 0. The van der Waals surface area contributed by atoms with Crippen LogP contribution < -0.4 is 0 Å². The molecule has 35 valence electrons. The van der Waals surface area contributed by atoms with E-state index in [1.807, 2.05) is 0 Å². The van der Waals surface area contributed by atoms with Crippen LogP contribution in [0.25, 0.3) is 0 Å². The Morgan fingerprint density at radius 1 is 0.400 bits per heavy atom. The van der Waals surface area contributed by atoms with Crippen LogP contribution in [0.2, 0.25) is 0 Å². The van der Waals surface area contributed by atoms with E-state index < -0.39 is 0 Å². The third kappa shape index (κ3) is 21.7. The van der Waals surface area contributed by atoms with Crippen molar-refractivity contribution in [2.45, 2.75) is 0 Å². The Morgan fingerprint density at radius 3 is 0.400 bits per heavy atom. The Labute approximate surface area is 84.1 Å². The quantitative estimate of drug-likeness (QED) is 0.635. The van der Waals surface area contributed by atoms with Crippen molar-refractivity contribution in [1.29, 1.82) is 0 Å². The summed E-state index contributed by atoms with van der Waals surface area (Å²) in [4.78, 5) is 0. The van der Waals surface area contributed by atoms with Gasteiger partial charge in [-0.25, -0.2) is 0 Å². The molecule has 0 aromatic heterocycles. The fraction of sp³-hybridized carbons (Fsp3) is 0. The summed E-state index contributed by atoms with van der Waals surface area (Å²) in [6.45, 7) is 0. The Balaban J connectivity index is 0. The van der Waals surface area contributed by atoms with Crippen LogP contribution in [0.3, 0.4) is 0 Å². The summed E-state index contributed by atoms with van der Waals surface area (Å²) in [7, 11) is 0. The Hall–Kier alpha value is 2.35. The van der Waals surface area contributed by atoms with Gasteiger partial charge in [-0.2, -0.15) is 0 Å². The molecule has 0 aliphatic carbocycles. The van der Waals surface area contributed by atoms with Gasteiger partial charge in [-0.05, 0) is 0 Å². The van der Waals surface area contributed by atoms with Crippen LogP contribution in [0.1, 0.15) is 0 Å². The van der Waals surface area contributed by atoms with Crippen molar-refractivity contribution in [3.63, 3.8) is 0 Å². The summed E-state index contributed by atoms with van der Waals surface area (Å²) in [5.74, 6) is 0. The van der Waals surface area contributed by atoms with Crippen molar-refractivity contribution in [3.8, 4) is 0 Å². The van der Waals surface area contributed by atoms with Gasteiger partial charge in [0.1, 0.15) is 0 Å². The molecule has 0 aromatic carbocycles. The maximum Gasteiger partial charge on any atom is 0 e. The van der Waals surface area contributed by atoms with E-state index in [4.69, 9.17) is 0 Å². The molecule has 0 saturated carbocycles. The van der Waals surface area contributed by atoms with Gasteiger partial charge in [-0.1, -0.05) is 0 Å². The predicted octanol–water partition coefficient (Wildman–Crippen LogP) is 1.69. The molecule has 0 amide bonds. The molecular weight excluding hydrogens is 281 g/mol. The van der Waals surface area contributed by atoms with Crippen molar-refractivity contribution in [2.24, 2.45) is 0 Å². The maximum atomic E-state index is 0. The Morgan fingerprint density at radius 2 is 0.400 bits per heavy atom. The normalized spacial score (nSPS) is 0. The number of hydrogen-bond donors (Lipinski definition) is 0. The van der Waals surface area contributed by atoms with Crippen molar-refractivity contribution in [1.82, 2.24) is 0 Å². The van der Waals surface area contributed by atoms with Gasteiger partial charge in [0, 0.05) is 35.6 Å². The van der Waals surface area contributed by atoms with Crippen LogP contribution >= 0.6 is 49.6 Å². The molecule has 0 heterocycles. The molecule has 0 N–H and O–H groups in total. The molecule has 0 spiro atoms. The fourth-order valence-corrected chi connectivity index (χ4v) is 0. The van der Waals surface area contributed by atoms with Crippen LogP contribution in [0.4, 0.5) is 0 Å². The number of rotatable bonds is 0. The largest absolute Gasteiger partial charge is 0.147 e. The van der Waals surface area contributed by atoms with Crippen LogP contribution in [0.15, 0.2) is 0 Å². The molecule has 0 unspecified atom stereocenters. The minimum atomic E-state index is 0. The second kappa shape index (κ2) is 32.9. The van der Waals surface area contributed by atoms with E-state index >= 15 is 0 Å². The van der Waals surface area contributed by atoms with Gasteiger partial charge in [-0.15, -0.1) is 49.6 Å². The van der Waals surface area contributed by atoms with E-state index in [-0.39, 0.29) is 85.2 Å². The third-order valence-corrected chi connectivity index (χ3v) is 0. The van der Waals surface area contributed by atoms with Crippen molar-refractivity contribution in [2.75, 3.05) is 0 Å². The minimum absolute atomic E-state index is 0. The Kier molecular flexibility index (Phi) is 352. The predicted molar refractivity (Wildman–Crippen MR) is 29.0 cm³/mol. The molecule has 5 heteroatoms. The van der Waals surface area contributed by atoms with Gasteiger partial charge in [0.05, 0.1) is 0 Å². The van der Waals surface area contributed by atoms with Gasteiger partial charge < -0.3 is 0 Å². The molecule has 0 fully saturated rings. The maximum absolute atomic E-state index is 0. The number of halogens is 4. The Bertz CT molecular complexity index is 3.61. The van der Waals surface area contributed by atoms with E-state index in [1.165, 1.54) is 0 Å². The van der Waals surface area contributed by atoms with E-state index in [2.05, 4.69) is 0 Å². The van der Waals surface area contributed by atoms with Crippen LogP contribution in [0, 0.1) is 35.6 Å². The molecule has 0 rings (SSSR count). The second-order valence-corrected chi connectivity index (χ2v) is 0. The summed E-state index contributed by atoms with van der Waals surface area (Å²) < 4.78 is 0. The zero-order chi connectivity index (χ0) is 0. The van der Waals surface area contributed by atoms with Gasteiger partial charge >= 0.3 is 0 Å². The van der Waals surface area contributed by atoms with Crippen molar-refractivity contribution >= 4 is 49.6 Å². The van der Waals surface area contributed by atoms with E-state index in [9.17, 15) is 0 Å². The molecule has 0 atom stereocenters. The molecule has 0 aliphatic heterocycles. The fourth-order valence-electron chi connectivity index (χ4n) is 0. The first-order valence-corrected chi connectivity index (χ1v) is 0. The van der Waals surface area contributed by atoms with Gasteiger partial charge in [-0.3, -0.25) is 0 Å². The van der Waals surface area contributed by atoms with E-state index in [0.717, 1.165) is 0 Å². The third-order valence-electron chi connectivity index (χ3n) is 0. The molecule has 0 aliphatic rings. The zero-order valence-electron chi connectivity index (χ0n) is 2.21. The summed E-state index contributed by atoms with van der Waals surface area (Å²) in [5, 5.41) is 0. The minimum Gasteiger partial charge on any atom is -0.147 e. The molecule has 0 saturated heterocycles. The van der Waals surface area contributed by atoms with Gasteiger partial charge in [0.15, 0.2) is 0 Å². The molecule has 1 radical (unpaired) electrons. The first-order chi connectivity index (χ1) is 0. The van der Waals surface area contributed by atoms with Crippen LogP contribution in [-0.2, 0) is 0 Å². The van der Waals surface area contributed by atoms with Crippen LogP contribution in [-0.4, -0.2) is 0 Å². The molecular formula is H4Cl4La. The molecule has 0 nitrogen and oxygen atoms in total. The second-order valence-electron chi connectivity index (χ2n) is 0.